The Balaban J connectivity index is 1.10. The molecule has 0 unspecified atom stereocenters. The molecule has 11 aromatic rings. The predicted molar refractivity (Wildman–Crippen MR) is 244 cm³/mol. The van der Waals surface area contributed by atoms with Gasteiger partial charge in [-0.1, -0.05) is 158 Å². The zero-order chi connectivity index (χ0) is 36.6. The van der Waals surface area contributed by atoms with Crippen LogP contribution in [0.25, 0.3) is 113 Å². The minimum absolute atomic E-state index is 1.18. The lowest BCUT2D eigenvalue weighted by molar-refractivity contribution is 1.62. The Morgan fingerprint density at radius 1 is 0.400 bits per heavy atom. The van der Waals surface area contributed by atoms with E-state index >= 15 is 0 Å². The van der Waals surface area contributed by atoms with Gasteiger partial charge in [0, 0.05) is 46.3 Å². The number of thiophene rings is 2. The van der Waals surface area contributed by atoms with Crippen molar-refractivity contribution in [2.24, 2.45) is 0 Å². The van der Waals surface area contributed by atoms with Gasteiger partial charge < -0.3 is 0 Å². The molecule has 0 spiro atoms. The van der Waals surface area contributed by atoms with Gasteiger partial charge in [0.1, 0.15) is 0 Å². The first-order chi connectivity index (χ1) is 27.2. The second-order valence-corrected chi connectivity index (χ2v) is 16.7. The molecule has 0 radical (unpaired) electrons. The average molecular weight is 735 g/mol. The molecule has 258 valence electrons. The van der Waals surface area contributed by atoms with Crippen LogP contribution in [0.15, 0.2) is 176 Å². The minimum Gasteiger partial charge on any atom is -0.140 e. The molecule has 0 N–H and O–H groups in total. The molecule has 0 saturated heterocycles. The van der Waals surface area contributed by atoms with Gasteiger partial charge in [0.15, 0.2) is 0 Å². The van der Waals surface area contributed by atoms with Gasteiger partial charge in [0.05, 0.1) is 0 Å². The van der Waals surface area contributed by atoms with E-state index in [-0.39, 0.29) is 0 Å². The third kappa shape index (κ3) is 4.96. The van der Waals surface area contributed by atoms with Crippen LogP contribution in [0, 0.1) is 6.92 Å². The third-order valence-electron chi connectivity index (χ3n) is 11.4. The Hall–Kier alpha value is -6.32. The van der Waals surface area contributed by atoms with Crippen LogP contribution in [0.4, 0.5) is 0 Å². The Bertz CT molecular complexity index is 3290. The van der Waals surface area contributed by atoms with Crippen LogP contribution in [0.2, 0.25) is 0 Å². The number of hydrogen-bond donors (Lipinski definition) is 0. The van der Waals surface area contributed by atoms with E-state index in [1.165, 1.54) is 118 Å². The van der Waals surface area contributed by atoms with Crippen LogP contribution in [0.3, 0.4) is 0 Å². The van der Waals surface area contributed by atoms with Crippen molar-refractivity contribution >= 4 is 91.3 Å². The molecular weight excluding hydrogens is 701 g/mol. The summed E-state index contributed by atoms with van der Waals surface area (Å²) in [5, 5.41) is 11.5. The second-order valence-electron chi connectivity index (χ2n) is 14.4. The number of aryl methyl sites for hydroxylation is 1. The van der Waals surface area contributed by atoms with Crippen molar-refractivity contribution in [3.63, 3.8) is 0 Å². The zero-order valence-corrected chi connectivity index (χ0v) is 31.9. The summed E-state index contributed by atoms with van der Waals surface area (Å²) in [6, 6.07) is 62.9. The van der Waals surface area contributed by atoms with Crippen molar-refractivity contribution in [1.82, 2.24) is 0 Å². The summed E-state index contributed by atoms with van der Waals surface area (Å²) in [5.41, 5.74) is 11.3. The van der Waals surface area contributed by atoms with E-state index in [0.29, 0.717) is 0 Å². The number of rotatable bonds is 5. The van der Waals surface area contributed by atoms with Gasteiger partial charge >= 0.3 is 0 Å². The number of fused-ring (bicyclic) bond motifs is 7. The maximum Gasteiger partial charge on any atom is 0.0440 e. The highest BCUT2D eigenvalue weighted by Crippen LogP contribution is 2.49. The molecule has 0 fully saturated rings. The van der Waals surface area contributed by atoms with Crippen LogP contribution in [-0.2, 0) is 0 Å². The normalized spacial score (nSPS) is 11.8. The average Bonchev–Trinajstić information content (AvgIpc) is 3.78. The highest BCUT2D eigenvalue weighted by Gasteiger charge is 2.21. The van der Waals surface area contributed by atoms with Crippen LogP contribution in [-0.4, -0.2) is 0 Å². The van der Waals surface area contributed by atoms with Gasteiger partial charge in [-0.3, -0.25) is 0 Å². The van der Waals surface area contributed by atoms with Gasteiger partial charge in [0.25, 0.3) is 0 Å². The van der Waals surface area contributed by atoms with Gasteiger partial charge in [-0.15, -0.1) is 22.7 Å². The standard InChI is InChI=1S/C53H34S2/c1-3-33-26-28-44-46-31-36(27-29-48(46)55-53(44)51(33)49-32(2)54-47-25-11-10-23-45(47)49)35-16-12-17-37(30-35)50-40-19-6-8-21-42(40)52(43-22-9-7-20-41(43)50)39-24-13-15-34-14-4-5-18-38(34)39/h3-31H,1H2,2H3. The van der Waals surface area contributed by atoms with E-state index in [1.54, 1.807) is 0 Å². The van der Waals surface area contributed by atoms with E-state index < -0.39 is 0 Å². The molecule has 0 aliphatic carbocycles. The van der Waals surface area contributed by atoms with E-state index in [4.69, 9.17) is 0 Å². The van der Waals surface area contributed by atoms with Crippen molar-refractivity contribution < 1.29 is 0 Å². The van der Waals surface area contributed by atoms with Gasteiger partial charge in [-0.25, -0.2) is 0 Å². The summed E-state index contributed by atoms with van der Waals surface area (Å²) >= 11 is 3.78. The smallest absolute Gasteiger partial charge is 0.0440 e. The number of benzene rings is 9. The van der Waals surface area contributed by atoms with Crippen LogP contribution >= 0.6 is 22.7 Å². The fourth-order valence-corrected chi connectivity index (χ4v) is 11.3. The van der Waals surface area contributed by atoms with E-state index in [2.05, 4.69) is 183 Å². The van der Waals surface area contributed by atoms with Crippen LogP contribution in [0.1, 0.15) is 10.4 Å². The molecule has 2 aromatic heterocycles. The van der Waals surface area contributed by atoms with Gasteiger partial charge in [-0.05, 0) is 102 Å². The van der Waals surface area contributed by atoms with E-state index in [0.717, 1.165) is 0 Å². The molecule has 2 heteroatoms. The topological polar surface area (TPSA) is 0 Å². The molecule has 0 bridgehead atoms. The predicted octanol–water partition coefficient (Wildman–Crippen LogP) is 16.3. The molecule has 0 nitrogen and oxygen atoms in total. The molecule has 0 aliphatic heterocycles. The molecule has 9 aromatic carbocycles. The highest BCUT2D eigenvalue weighted by atomic mass is 32.1. The quantitative estimate of drug-likeness (QED) is 0.154. The van der Waals surface area contributed by atoms with Crippen LogP contribution in [0.5, 0.6) is 0 Å². The monoisotopic (exact) mass is 734 g/mol. The van der Waals surface area contributed by atoms with Crippen LogP contribution < -0.4 is 0 Å². The van der Waals surface area contributed by atoms with Crippen molar-refractivity contribution in [3.05, 3.63) is 187 Å². The summed E-state index contributed by atoms with van der Waals surface area (Å²) in [5.74, 6) is 0. The van der Waals surface area contributed by atoms with Gasteiger partial charge in [0.2, 0.25) is 0 Å². The van der Waals surface area contributed by atoms with Crippen molar-refractivity contribution in [3.8, 4) is 44.5 Å². The lowest BCUT2D eigenvalue weighted by Crippen LogP contribution is -1.92. The molecule has 0 saturated carbocycles. The Morgan fingerprint density at radius 3 is 1.76 bits per heavy atom. The van der Waals surface area contributed by atoms with Crippen molar-refractivity contribution in [1.29, 1.82) is 0 Å². The molecule has 2 heterocycles. The molecule has 0 atom stereocenters. The fraction of sp³-hybridized carbons (Fsp3) is 0.0189. The Labute approximate surface area is 327 Å². The zero-order valence-electron chi connectivity index (χ0n) is 30.3. The maximum atomic E-state index is 4.24. The fourth-order valence-electron chi connectivity index (χ4n) is 8.97. The highest BCUT2D eigenvalue weighted by molar-refractivity contribution is 7.26. The largest absolute Gasteiger partial charge is 0.140 e. The molecule has 0 amide bonds. The lowest BCUT2D eigenvalue weighted by atomic mass is 9.84. The summed E-state index contributed by atoms with van der Waals surface area (Å²) in [4.78, 5) is 1.34. The first kappa shape index (κ1) is 32.1. The Morgan fingerprint density at radius 2 is 1.00 bits per heavy atom. The lowest BCUT2D eigenvalue weighted by Gasteiger charge is -2.19. The molecule has 11 rings (SSSR count). The van der Waals surface area contributed by atoms with Crippen molar-refractivity contribution in [2.75, 3.05) is 0 Å². The first-order valence-corrected chi connectivity index (χ1v) is 20.4. The van der Waals surface area contributed by atoms with E-state index in [9.17, 15) is 0 Å². The summed E-state index contributed by atoms with van der Waals surface area (Å²) < 4.78 is 3.96. The SMILES string of the molecule is C=Cc1ccc2c(sc3ccc(-c4cccc(-c5c6ccccc6c(-c6cccc7ccccc67)c6ccccc56)c4)cc32)c1-c1c(C)sc2ccccc12. The molecular formula is C53H34S2. The maximum absolute atomic E-state index is 4.24. The molecule has 55 heavy (non-hydrogen) atoms. The van der Waals surface area contributed by atoms with Crippen molar-refractivity contribution in [2.45, 2.75) is 6.92 Å². The first-order valence-electron chi connectivity index (χ1n) is 18.8. The summed E-state index contributed by atoms with van der Waals surface area (Å²) in [7, 11) is 0. The number of hydrogen-bond acceptors (Lipinski definition) is 2. The molecule has 0 aliphatic rings. The summed E-state index contributed by atoms with van der Waals surface area (Å²) in [6.45, 7) is 6.49. The summed E-state index contributed by atoms with van der Waals surface area (Å²) in [6.07, 6.45) is 2.02. The van der Waals surface area contributed by atoms with Gasteiger partial charge in [-0.2, -0.15) is 0 Å². The third-order valence-corrected chi connectivity index (χ3v) is 13.7. The second kappa shape index (κ2) is 12.6. The Kier molecular flexibility index (Phi) is 7.38. The minimum atomic E-state index is 1.18. The van der Waals surface area contributed by atoms with E-state index in [1.807, 2.05) is 28.7 Å².